The third kappa shape index (κ3) is 3.48. The number of nitriles is 2. The summed E-state index contributed by atoms with van der Waals surface area (Å²) in [5.74, 6) is 0. The molecular weight excluding hydrogens is 246 g/mol. The second-order valence-electron chi connectivity index (χ2n) is 4.25. The van der Waals surface area contributed by atoms with Gasteiger partial charge in [-0.2, -0.15) is 10.5 Å². The van der Waals surface area contributed by atoms with E-state index in [9.17, 15) is 0 Å². The minimum atomic E-state index is 0.0551. The van der Waals surface area contributed by atoms with E-state index in [0.717, 1.165) is 17.7 Å². The van der Waals surface area contributed by atoms with Crippen LogP contribution in [0.2, 0.25) is 0 Å². The van der Waals surface area contributed by atoms with E-state index in [4.69, 9.17) is 10.5 Å². The molecule has 20 heavy (non-hydrogen) atoms. The van der Waals surface area contributed by atoms with Crippen molar-refractivity contribution >= 4 is 5.69 Å². The SMILES string of the molecule is N#CC(C#N)=CNc1ccccc1Cc1ccccc1. The van der Waals surface area contributed by atoms with Crippen molar-refractivity contribution in [1.29, 1.82) is 10.5 Å². The fourth-order valence-corrected chi connectivity index (χ4v) is 1.87. The Bertz CT molecular complexity index is 672. The zero-order chi connectivity index (χ0) is 14.2. The van der Waals surface area contributed by atoms with Crippen molar-refractivity contribution < 1.29 is 0 Å². The smallest absolute Gasteiger partial charge is 0.145 e. The number of hydrogen-bond acceptors (Lipinski definition) is 3. The lowest BCUT2D eigenvalue weighted by molar-refractivity contribution is 1.19. The second-order valence-corrected chi connectivity index (χ2v) is 4.25. The van der Waals surface area contributed by atoms with Crippen LogP contribution >= 0.6 is 0 Å². The van der Waals surface area contributed by atoms with E-state index in [1.807, 2.05) is 54.6 Å². The Balaban J connectivity index is 2.21. The summed E-state index contributed by atoms with van der Waals surface area (Å²) in [4.78, 5) is 0. The molecule has 2 rings (SSSR count). The quantitative estimate of drug-likeness (QED) is 0.853. The van der Waals surface area contributed by atoms with E-state index in [-0.39, 0.29) is 5.57 Å². The van der Waals surface area contributed by atoms with Gasteiger partial charge in [0.1, 0.15) is 17.7 Å². The number of nitrogens with zero attached hydrogens (tertiary/aromatic N) is 2. The van der Waals surface area contributed by atoms with Crippen molar-refractivity contribution in [3.8, 4) is 12.1 Å². The van der Waals surface area contributed by atoms with Gasteiger partial charge in [-0.25, -0.2) is 0 Å². The molecule has 0 saturated carbocycles. The Labute approximate surface area is 118 Å². The first-order valence-corrected chi connectivity index (χ1v) is 6.22. The molecule has 0 aliphatic heterocycles. The lowest BCUT2D eigenvalue weighted by Gasteiger charge is -2.09. The molecule has 2 aromatic carbocycles. The first-order chi connectivity index (χ1) is 9.83. The van der Waals surface area contributed by atoms with E-state index in [1.54, 1.807) is 0 Å². The molecule has 0 fully saturated rings. The van der Waals surface area contributed by atoms with E-state index in [0.29, 0.717) is 0 Å². The van der Waals surface area contributed by atoms with Crippen LogP contribution in [0.1, 0.15) is 11.1 Å². The summed E-state index contributed by atoms with van der Waals surface area (Å²) in [5, 5.41) is 20.5. The van der Waals surface area contributed by atoms with Crippen LogP contribution in [0.3, 0.4) is 0 Å². The van der Waals surface area contributed by atoms with Crippen LogP contribution in [-0.2, 0) is 6.42 Å². The maximum atomic E-state index is 8.73. The van der Waals surface area contributed by atoms with Crippen LogP contribution in [0.5, 0.6) is 0 Å². The largest absolute Gasteiger partial charge is 0.360 e. The maximum Gasteiger partial charge on any atom is 0.145 e. The van der Waals surface area contributed by atoms with Gasteiger partial charge in [0.25, 0.3) is 0 Å². The number of allylic oxidation sites excluding steroid dienone is 1. The highest BCUT2D eigenvalue weighted by Gasteiger charge is 2.02. The number of hydrogen-bond donors (Lipinski definition) is 1. The monoisotopic (exact) mass is 259 g/mol. The fourth-order valence-electron chi connectivity index (χ4n) is 1.87. The summed E-state index contributed by atoms with van der Waals surface area (Å²) >= 11 is 0. The predicted molar refractivity (Wildman–Crippen MR) is 78.6 cm³/mol. The van der Waals surface area contributed by atoms with E-state index in [1.165, 1.54) is 11.8 Å². The van der Waals surface area contributed by atoms with Crippen molar-refractivity contribution in [3.05, 3.63) is 77.5 Å². The van der Waals surface area contributed by atoms with Crippen molar-refractivity contribution in [3.63, 3.8) is 0 Å². The number of benzene rings is 2. The molecule has 3 nitrogen and oxygen atoms in total. The number of anilines is 1. The van der Waals surface area contributed by atoms with E-state index < -0.39 is 0 Å². The number of para-hydroxylation sites is 1. The number of rotatable bonds is 4. The molecule has 0 amide bonds. The van der Waals surface area contributed by atoms with Crippen LogP contribution in [0.25, 0.3) is 0 Å². The highest BCUT2D eigenvalue weighted by atomic mass is 14.8. The Morgan fingerprint density at radius 3 is 2.30 bits per heavy atom. The summed E-state index contributed by atoms with van der Waals surface area (Å²) in [6.07, 6.45) is 2.23. The molecule has 0 aromatic heterocycles. The van der Waals surface area contributed by atoms with Crippen LogP contribution in [0, 0.1) is 22.7 Å². The minimum Gasteiger partial charge on any atom is -0.360 e. The molecule has 0 unspecified atom stereocenters. The summed E-state index contributed by atoms with van der Waals surface area (Å²) < 4.78 is 0. The van der Waals surface area contributed by atoms with Gasteiger partial charge in [0.2, 0.25) is 0 Å². The third-order valence-corrected chi connectivity index (χ3v) is 2.87. The van der Waals surface area contributed by atoms with E-state index >= 15 is 0 Å². The highest BCUT2D eigenvalue weighted by Crippen LogP contribution is 2.19. The van der Waals surface area contributed by atoms with Gasteiger partial charge in [-0.3, -0.25) is 0 Å². The van der Waals surface area contributed by atoms with Gasteiger partial charge < -0.3 is 5.32 Å². The van der Waals surface area contributed by atoms with Crippen LogP contribution in [0.4, 0.5) is 5.69 Å². The minimum absolute atomic E-state index is 0.0551. The molecule has 0 aliphatic carbocycles. The average Bonchev–Trinajstić information content (AvgIpc) is 2.51. The molecule has 0 aliphatic rings. The second kappa shape index (κ2) is 6.78. The number of nitrogens with one attached hydrogen (secondary N) is 1. The maximum absolute atomic E-state index is 8.73. The highest BCUT2D eigenvalue weighted by molar-refractivity contribution is 5.56. The van der Waals surface area contributed by atoms with Crippen LogP contribution < -0.4 is 5.32 Å². The Hall–Kier alpha value is -3.04. The lowest BCUT2D eigenvalue weighted by Crippen LogP contribution is -1.96. The molecule has 2 aromatic rings. The predicted octanol–water partition coefficient (Wildman–Crippen LogP) is 3.62. The molecule has 96 valence electrons. The summed E-state index contributed by atoms with van der Waals surface area (Å²) in [6, 6.07) is 21.7. The molecule has 0 atom stereocenters. The van der Waals surface area contributed by atoms with E-state index in [2.05, 4.69) is 17.4 Å². The molecule has 0 spiro atoms. The Morgan fingerprint density at radius 2 is 1.60 bits per heavy atom. The molecule has 0 heterocycles. The van der Waals surface area contributed by atoms with Crippen molar-refractivity contribution in [2.75, 3.05) is 5.32 Å². The van der Waals surface area contributed by atoms with Crippen LogP contribution in [-0.4, -0.2) is 0 Å². The van der Waals surface area contributed by atoms with Crippen molar-refractivity contribution in [1.82, 2.24) is 0 Å². The normalized spacial score (nSPS) is 9.10. The van der Waals surface area contributed by atoms with Gasteiger partial charge in [-0.05, 0) is 23.6 Å². The standard InChI is InChI=1S/C17H13N3/c18-11-15(12-19)13-20-17-9-5-4-8-16(17)10-14-6-2-1-3-7-14/h1-9,13,20H,10H2. The lowest BCUT2D eigenvalue weighted by atomic mass is 10.0. The van der Waals surface area contributed by atoms with Gasteiger partial charge in [0, 0.05) is 11.9 Å². The summed E-state index contributed by atoms with van der Waals surface area (Å²) in [7, 11) is 0. The molecule has 3 heteroatoms. The first-order valence-electron chi connectivity index (χ1n) is 6.22. The van der Waals surface area contributed by atoms with Gasteiger partial charge in [0.15, 0.2) is 0 Å². The molecule has 0 radical (unpaired) electrons. The molecular formula is C17H13N3. The van der Waals surface area contributed by atoms with Gasteiger partial charge >= 0.3 is 0 Å². The topological polar surface area (TPSA) is 59.6 Å². The fraction of sp³-hybridized carbons (Fsp3) is 0.0588. The van der Waals surface area contributed by atoms with Gasteiger partial charge in [0.05, 0.1) is 0 Å². The molecule has 0 saturated heterocycles. The average molecular weight is 259 g/mol. The van der Waals surface area contributed by atoms with Crippen molar-refractivity contribution in [2.45, 2.75) is 6.42 Å². The molecule has 1 N–H and O–H groups in total. The summed E-state index contributed by atoms with van der Waals surface area (Å²) in [6.45, 7) is 0. The summed E-state index contributed by atoms with van der Waals surface area (Å²) in [5.41, 5.74) is 3.29. The van der Waals surface area contributed by atoms with Gasteiger partial charge in [-0.1, -0.05) is 48.5 Å². The van der Waals surface area contributed by atoms with Crippen molar-refractivity contribution in [2.24, 2.45) is 0 Å². The Morgan fingerprint density at radius 1 is 0.950 bits per heavy atom. The Kier molecular flexibility index (Phi) is 4.54. The van der Waals surface area contributed by atoms with Gasteiger partial charge in [-0.15, -0.1) is 0 Å². The van der Waals surface area contributed by atoms with Crippen LogP contribution in [0.15, 0.2) is 66.4 Å². The first kappa shape index (κ1) is 13.4. The molecule has 0 bridgehead atoms. The third-order valence-electron chi connectivity index (χ3n) is 2.87. The zero-order valence-electron chi connectivity index (χ0n) is 10.9. The zero-order valence-corrected chi connectivity index (χ0v) is 10.9.